The summed E-state index contributed by atoms with van der Waals surface area (Å²) in [7, 11) is -2.38. The Kier molecular flexibility index (Phi) is 6.63. The van der Waals surface area contributed by atoms with Crippen molar-refractivity contribution in [3.63, 3.8) is 0 Å². The summed E-state index contributed by atoms with van der Waals surface area (Å²) in [6.07, 6.45) is 4.60. The maximum Gasteiger partial charge on any atom is 0.241 e. The molecular formula is C20H21N3O5S. The number of benzene rings is 1. The highest BCUT2D eigenvalue weighted by molar-refractivity contribution is 7.89. The van der Waals surface area contributed by atoms with Gasteiger partial charge in [0.25, 0.3) is 0 Å². The molecule has 152 valence electrons. The number of nitrogens with zero attached hydrogens (tertiary/aromatic N) is 1. The highest BCUT2D eigenvalue weighted by Gasteiger charge is 2.25. The molecule has 0 aliphatic rings. The lowest BCUT2D eigenvalue weighted by Crippen LogP contribution is -2.33. The minimum atomic E-state index is -3.88. The number of sulfonamides is 1. The molecule has 0 saturated heterocycles. The zero-order valence-electron chi connectivity index (χ0n) is 15.7. The van der Waals surface area contributed by atoms with Crippen molar-refractivity contribution in [2.75, 3.05) is 7.11 Å². The number of hydrogen-bond donors (Lipinski definition) is 2. The summed E-state index contributed by atoms with van der Waals surface area (Å²) in [4.78, 5) is 16.5. The Morgan fingerprint density at radius 2 is 1.97 bits per heavy atom. The number of methoxy groups -OCH3 is 1. The number of ether oxygens (including phenoxy) is 1. The molecule has 3 rings (SSSR count). The van der Waals surface area contributed by atoms with Crippen LogP contribution in [0.4, 0.5) is 0 Å². The van der Waals surface area contributed by atoms with Crippen LogP contribution in [0.1, 0.15) is 23.8 Å². The van der Waals surface area contributed by atoms with Crippen molar-refractivity contribution in [1.82, 2.24) is 15.0 Å². The average molecular weight is 415 g/mol. The lowest BCUT2D eigenvalue weighted by atomic mass is 10.1. The molecule has 3 aromatic rings. The summed E-state index contributed by atoms with van der Waals surface area (Å²) in [6.45, 7) is 0.294. The number of rotatable bonds is 9. The van der Waals surface area contributed by atoms with Crippen LogP contribution in [0, 0.1) is 0 Å². The minimum absolute atomic E-state index is 0.0608. The van der Waals surface area contributed by atoms with Crippen molar-refractivity contribution in [3.05, 3.63) is 78.5 Å². The molecule has 0 bridgehead atoms. The van der Waals surface area contributed by atoms with Crippen molar-refractivity contribution >= 4 is 15.9 Å². The van der Waals surface area contributed by atoms with Gasteiger partial charge in [-0.05, 0) is 48.0 Å². The molecule has 1 atom stereocenters. The van der Waals surface area contributed by atoms with Gasteiger partial charge in [0.2, 0.25) is 15.9 Å². The Balaban J connectivity index is 1.71. The molecule has 1 unspecified atom stereocenters. The maximum atomic E-state index is 12.8. The van der Waals surface area contributed by atoms with Gasteiger partial charge in [-0.1, -0.05) is 6.07 Å². The fourth-order valence-corrected chi connectivity index (χ4v) is 3.87. The lowest BCUT2D eigenvalue weighted by Gasteiger charge is -2.17. The molecule has 0 fully saturated rings. The third-order valence-electron chi connectivity index (χ3n) is 4.16. The zero-order valence-corrected chi connectivity index (χ0v) is 16.6. The molecule has 1 amide bonds. The van der Waals surface area contributed by atoms with E-state index in [9.17, 15) is 13.2 Å². The fourth-order valence-electron chi connectivity index (χ4n) is 2.66. The highest BCUT2D eigenvalue weighted by Crippen LogP contribution is 2.22. The molecule has 2 N–H and O–H groups in total. The number of aromatic nitrogens is 1. The second kappa shape index (κ2) is 9.35. The summed E-state index contributed by atoms with van der Waals surface area (Å²) >= 11 is 0. The smallest absolute Gasteiger partial charge is 0.241 e. The van der Waals surface area contributed by atoms with Gasteiger partial charge in [-0.25, -0.2) is 8.42 Å². The molecule has 1 aromatic carbocycles. The standard InChI is InChI=1S/C20H21N3O5S/c1-27-16-6-8-17(9-7-16)29(25,26)23-18(19-5-3-11-28-19)12-20(24)22-14-15-4-2-10-21-13-15/h2-11,13,18,23H,12,14H2,1H3,(H,22,24). The van der Waals surface area contributed by atoms with Crippen molar-refractivity contribution in [3.8, 4) is 5.75 Å². The van der Waals surface area contributed by atoms with Crippen molar-refractivity contribution in [2.24, 2.45) is 0 Å². The van der Waals surface area contributed by atoms with Gasteiger partial charge in [-0.15, -0.1) is 0 Å². The quantitative estimate of drug-likeness (QED) is 0.555. The van der Waals surface area contributed by atoms with E-state index in [2.05, 4.69) is 15.0 Å². The predicted octanol–water partition coefficient (Wildman–Crippen LogP) is 2.41. The van der Waals surface area contributed by atoms with Gasteiger partial charge in [0.15, 0.2) is 0 Å². The van der Waals surface area contributed by atoms with E-state index in [1.54, 1.807) is 42.7 Å². The van der Waals surface area contributed by atoms with Gasteiger partial charge in [0.1, 0.15) is 11.5 Å². The predicted molar refractivity (Wildman–Crippen MR) is 105 cm³/mol. The lowest BCUT2D eigenvalue weighted by molar-refractivity contribution is -0.121. The van der Waals surface area contributed by atoms with E-state index in [1.807, 2.05) is 6.07 Å². The van der Waals surface area contributed by atoms with Gasteiger partial charge in [0.05, 0.1) is 30.7 Å². The Morgan fingerprint density at radius 3 is 2.59 bits per heavy atom. The minimum Gasteiger partial charge on any atom is -0.497 e. The Morgan fingerprint density at radius 1 is 1.17 bits per heavy atom. The molecule has 9 heteroatoms. The second-order valence-corrected chi connectivity index (χ2v) is 7.92. The first-order valence-corrected chi connectivity index (χ1v) is 10.3. The number of nitrogens with one attached hydrogen (secondary N) is 2. The summed E-state index contributed by atoms with van der Waals surface area (Å²) in [5, 5.41) is 2.76. The first kappa shape index (κ1) is 20.6. The van der Waals surface area contributed by atoms with Gasteiger partial charge in [0, 0.05) is 18.9 Å². The van der Waals surface area contributed by atoms with Crippen LogP contribution < -0.4 is 14.8 Å². The van der Waals surface area contributed by atoms with E-state index in [1.165, 1.54) is 25.5 Å². The van der Waals surface area contributed by atoms with Crippen LogP contribution in [-0.2, 0) is 21.4 Å². The van der Waals surface area contributed by atoms with Crippen LogP contribution >= 0.6 is 0 Å². The molecule has 0 aliphatic carbocycles. The molecule has 0 saturated carbocycles. The first-order chi connectivity index (χ1) is 14.0. The van der Waals surface area contributed by atoms with E-state index >= 15 is 0 Å². The SMILES string of the molecule is COc1ccc(S(=O)(=O)NC(CC(=O)NCc2cccnc2)c2ccco2)cc1. The van der Waals surface area contributed by atoms with Crippen LogP contribution in [-0.4, -0.2) is 26.4 Å². The third-order valence-corrected chi connectivity index (χ3v) is 5.64. The largest absolute Gasteiger partial charge is 0.497 e. The van der Waals surface area contributed by atoms with E-state index in [4.69, 9.17) is 9.15 Å². The number of carbonyl (C=O) groups is 1. The molecule has 2 heterocycles. The Hall–Kier alpha value is -3.17. The second-order valence-electron chi connectivity index (χ2n) is 6.21. The summed E-state index contributed by atoms with van der Waals surface area (Å²) in [5.41, 5.74) is 0.842. The van der Waals surface area contributed by atoms with Crippen LogP contribution in [0.2, 0.25) is 0 Å². The number of carbonyl (C=O) groups excluding carboxylic acids is 1. The summed E-state index contributed by atoms with van der Waals surface area (Å²) in [6, 6.07) is 12.0. The molecular weight excluding hydrogens is 394 g/mol. The van der Waals surface area contributed by atoms with Crippen molar-refractivity contribution in [1.29, 1.82) is 0 Å². The number of amides is 1. The number of pyridine rings is 1. The first-order valence-electron chi connectivity index (χ1n) is 8.83. The fraction of sp³-hybridized carbons (Fsp3) is 0.200. The monoisotopic (exact) mass is 415 g/mol. The molecule has 0 spiro atoms. The average Bonchev–Trinajstić information content (AvgIpc) is 3.27. The molecule has 2 aromatic heterocycles. The Labute approximate surface area is 169 Å². The highest BCUT2D eigenvalue weighted by atomic mass is 32.2. The Bertz CT molecular complexity index is 1020. The molecule has 29 heavy (non-hydrogen) atoms. The van der Waals surface area contributed by atoms with Crippen LogP contribution in [0.3, 0.4) is 0 Å². The number of furan rings is 1. The normalized spacial score (nSPS) is 12.3. The van der Waals surface area contributed by atoms with E-state index in [0.29, 0.717) is 18.1 Å². The molecule has 8 nitrogen and oxygen atoms in total. The summed E-state index contributed by atoms with van der Waals surface area (Å²) < 4.78 is 38.5. The van der Waals surface area contributed by atoms with Gasteiger partial charge in [-0.3, -0.25) is 9.78 Å². The summed E-state index contributed by atoms with van der Waals surface area (Å²) in [5.74, 6) is 0.563. The van der Waals surface area contributed by atoms with Gasteiger partial charge in [-0.2, -0.15) is 4.72 Å². The van der Waals surface area contributed by atoms with Gasteiger partial charge < -0.3 is 14.5 Å². The van der Waals surface area contributed by atoms with E-state index < -0.39 is 16.1 Å². The maximum absolute atomic E-state index is 12.8. The van der Waals surface area contributed by atoms with Crippen LogP contribution in [0.15, 0.2) is 76.5 Å². The van der Waals surface area contributed by atoms with Crippen molar-refractivity contribution in [2.45, 2.75) is 23.9 Å². The zero-order chi connectivity index (χ0) is 20.7. The van der Waals surface area contributed by atoms with E-state index in [-0.39, 0.29) is 17.2 Å². The van der Waals surface area contributed by atoms with Gasteiger partial charge >= 0.3 is 0 Å². The van der Waals surface area contributed by atoms with Crippen LogP contribution in [0.25, 0.3) is 0 Å². The van der Waals surface area contributed by atoms with Crippen molar-refractivity contribution < 1.29 is 22.4 Å². The molecule has 0 radical (unpaired) electrons. The molecule has 0 aliphatic heterocycles. The van der Waals surface area contributed by atoms with Crippen LogP contribution in [0.5, 0.6) is 5.75 Å². The number of hydrogen-bond acceptors (Lipinski definition) is 6. The third kappa shape index (κ3) is 5.66. The topological polar surface area (TPSA) is 111 Å². The van der Waals surface area contributed by atoms with E-state index in [0.717, 1.165) is 5.56 Å².